The molecule has 1 saturated heterocycles. The number of likely N-dealkylation sites (tertiary alicyclic amines) is 1. The van der Waals surface area contributed by atoms with Crippen LogP contribution in [0.3, 0.4) is 0 Å². The minimum absolute atomic E-state index is 0.0568. The van der Waals surface area contributed by atoms with Crippen molar-refractivity contribution in [1.29, 1.82) is 0 Å². The number of benzene rings is 1. The van der Waals surface area contributed by atoms with Crippen LogP contribution in [0, 0.1) is 12.7 Å². The minimum Gasteiger partial charge on any atom is -0.347 e. The summed E-state index contributed by atoms with van der Waals surface area (Å²) in [6.45, 7) is 2.39. The Labute approximate surface area is 180 Å². The Morgan fingerprint density at radius 3 is 2.84 bits per heavy atom. The van der Waals surface area contributed by atoms with Crippen molar-refractivity contribution in [3.05, 3.63) is 53.4 Å². The van der Waals surface area contributed by atoms with E-state index in [0.29, 0.717) is 29.4 Å². The van der Waals surface area contributed by atoms with Gasteiger partial charge in [-0.1, -0.05) is 22.4 Å². The van der Waals surface area contributed by atoms with E-state index >= 15 is 0 Å². The number of carbonyl (C=O) groups is 1. The Morgan fingerprint density at radius 2 is 2.13 bits per heavy atom. The van der Waals surface area contributed by atoms with Crippen molar-refractivity contribution in [2.75, 3.05) is 25.5 Å². The number of halogens is 1. The lowest BCUT2D eigenvalue weighted by atomic mass is 9.93. The Hall–Kier alpha value is -3.36. The zero-order valence-electron chi connectivity index (χ0n) is 17.9. The highest BCUT2D eigenvalue weighted by Crippen LogP contribution is 2.36. The first-order chi connectivity index (χ1) is 14.9. The Balaban J connectivity index is 1.74. The number of aromatic nitrogens is 4. The van der Waals surface area contributed by atoms with Gasteiger partial charge >= 0.3 is 0 Å². The van der Waals surface area contributed by atoms with Gasteiger partial charge in [0.05, 0.1) is 18.2 Å². The number of amides is 1. The predicted molar refractivity (Wildman–Crippen MR) is 113 cm³/mol. The zero-order chi connectivity index (χ0) is 22.0. The highest BCUT2D eigenvalue weighted by atomic mass is 19.1. The average molecular weight is 424 g/mol. The molecule has 0 bridgehead atoms. The van der Waals surface area contributed by atoms with Crippen LogP contribution in [-0.2, 0) is 11.2 Å². The smallest absolute Gasteiger partial charge is 0.229 e. The summed E-state index contributed by atoms with van der Waals surface area (Å²) in [5, 5.41) is 7.62. The SMILES string of the molecule is Cc1nonc1CC(=O)N1CCCC[C@H]1c1nc(N(C)C)ncc1-c1cccc(F)c1. The largest absolute Gasteiger partial charge is 0.347 e. The molecule has 1 amide bonds. The van der Waals surface area contributed by atoms with Crippen LogP contribution in [0.2, 0.25) is 0 Å². The molecule has 0 aliphatic carbocycles. The van der Waals surface area contributed by atoms with E-state index in [0.717, 1.165) is 30.5 Å². The van der Waals surface area contributed by atoms with Gasteiger partial charge in [-0.3, -0.25) is 4.79 Å². The molecule has 0 radical (unpaired) electrons. The first-order valence-electron chi connectivity index (χ1n) is 10.3. The van der Waals surface area contributed by atoms with Gasteiger partial charge in [-0.25, -0.2) is 19.0 Å². The topological polar surface area (TPSA) is 88.2 Å². The molecule has 0 saturated carbocycles. The highest BCUT2D eigenvalue weighted by Gasteiger charge is 2.32. The van der Waals surface area contributed by atoms with E-state index < -0.39 is 0 Å². The maximum absolute atomic E-state index is 14.0. The van der Waals surface area contributed by atoms with Crippen LogP contribution in [0.4, 0.5) is 10.3 Å². The number of rotatable bonds is 5. The van der Waals surface area contributed by atoms with Crippen molar-refractivity contribution in [2.24, 2.45) is 0 Å². The molecule has 3 aromatic rings. The average Bonchev–Trinajstić information content (AvgIpc) is 3.17. The van der Waals surface area contributed by atoms with Crippen LogP contribution in [-0.4, -0.2) is 51.7 Å². The van der Waals surface area contributed by atoms with Gasteiger partial charge < -0.3 is 9.80 Å². The van der Waals surface area contributed by atoms with E-state index in [1.807, 2.05) is 30.0 Å². The fourth-order valence-corrected chi connectivity index (χ4v) is 3.90. The summed E-state index contributed by atoms with van der Waals surface area (Å²) in [6, 6.07) is 6.14. The number of aryl methyl sites for hydroxylation is 1. The molecule has 0 N–H and O–H groups in total. The van der Waals surface area contributed by atoms with Crippen molar-refractivity contribution in [3.8, 4) is 11.1 Å². The maximum Gasteiger partial charge on any atom is 0.229 e. The molecule has 0 unspecified atom stereocenters. The normalized spacial score (nSPS) is 16.4. The molecule has 4 rings (SSSR count). The third kappa shape index (κ3) is 4.40. The van der Waals surface area contributed by atoms with Crippen molar-refractivity contribution >= 4 is 11.9 Å². The fourth-order valence-electron chi connectivity index (χ4n) is 3.90. The summed E-state index contributed by atoms with van der Waals surface area (Å²) in [5.74, 6) is 0.161. The van der Waals surface area contributed by atoms with E-state index in [9.17, 15) is 9.18 Å². The molecular weight excluding hydrogens is 399 g/mol. The standard InChI is InChI=1S/C22H25FN6O2/c1-14-18(27-31-26-14)12-20(30)29-10-5-4-9-19(29)21-17(13-24-22(25-21)28(2)3)15-7-6-8-16(23)11-15/h6-8,11,13,19H,4-5,9-10,12H2,1-3H3/t19-/m0/s1. The number of hydrogen-bond donors (Lipinski definition) is 0. The maximum atomic E-state index is 14.0. The van der Waals surface area contributed by atoms with E-state index in [4.69, 9.17) is 9.61 Å². The van der Waals surface area contributed by atoms with Crippen molar-refractivity contribution in [1.82, 2.24) is 25.2 Å². The van der Waals surface area contributed by atoms with Gasteiger partial charge in [-0.15, -0.1) is 0 Å². The van der Waals surface area contributed by atoms with Crippen molar-refractivity contribution < 1.29 is 13.8 Å². The summed E-state index contributed by atoms with van der Waals surface area (Å²) >= 11 is 0. The Bertz CT molecular complexity index is 1080. The third-order valence-corrected chi connectivity index (χ3v) is 5.55. The molecule has 9 heteroatoms. The second kappa shape index (κ2) is 8.79. The van der Waals surface area contributed by atoms with Gasteiger partial charge in [0.2, 0.25) is 11.9 Å². The highest BCUT2D eigenvalue weighted by molar-refractivity contribution is 5.79. The van der Waals surface area contributed by atoms with Crippen LogP contribution in [0.1, 0.15) is 42.4 Å². The molecule has 1 aromatic carbocycles. The molecule has 3 heterocycles. The van der Waals surface area contributed by atoms with Crippen LogP contribution in [0.5, 0.6) is 0 Å². The number of nitrogens with zero attached hydrogens (tertiary/aromatic N) is 6. The van der Waals surface area contributed by atoms with Crippen LogP contribution < -0.4 is 4.90 Å². The van der Waals surface area contributed by atoms with Crippen molar-refractivity contribution in [2.45, 2.75) is 38.6 Å². The second-order valence-electron chi connectivity index (χ2n) is 7.95. The molecule has 0 spiro atoms. The van der Waals surface area contributed by atoms with Crippen molar-refractivity contribution in [3.63, 3.8) is 0 Å². The molecule has 162 valence electrons. The molecule has 2 aromatic heterocycles. The predicted octanol–water partition coefficient (Wildman–Crippen LogP) is 3.34. The number of piperidine rings is 1. The lowest BCUT2D eigenvalue weighted by Gasteiger charge is -2.36. The van der Waals surface area contributed by atoms with E-state index in [1.54, 1.807) is 19.2 Å². The molecular formula is C22H25FN6O2. The molecule has 1 atom stereocenters. The number of hydrogen-bond acceptors (Lipinski definition) is 7. The van der Waals surface area contributed by atoms with Gasteiger partial charge in [0, 0.05) is 32.4 Å². The summed E-state index contributed by atoms with van der Waals surface area (Å²) in [7, 11) is 3.73. The molecule has 1 aliphatic heterocycles. The zero-order valence-corrected chi connectivity index (χ0v) is 17.9. The third-order valence-electron chi connectivity index (χ3n) is 5.55. The lowest BCUT2D eigenvalue weighted by Crippen LogP contribution is -2.40. The Kier molecular flexibility index (Phi) is 5.92. The first-order valence-corrected chi connectivity index (χ1v) is 10.3. The quantitative estimate of drug-likeness (QED) is 0.621. The van der Waals surface area contributed by atoms with Gasteiger partial charge in [0.1, 0.15) is 17.2 Å². The van der Waals surface area contributed by atoms with Crippen LogP contribution in [0.25, 0.3) is 11.1 Å². The van der Waals surface area contributed by atoms with Gasteiger partial charge in [-0.2, -0.15) is 0 Å². The van der Waals surface area contributed by atoms with Crippen LogP contribution >= 0.6 is 0 Å². The van der Waals surface area contributed by atoms with Crippen LogP contribution in [0.15, 0.2) is 35.1 Å². The summed E-state index contributed by atoms with van der Waals surface area (Å²) < 4.78 is 18.7. The van der Waals surface area contributed by atoms with Gasteiger partial charge in [0.25, 0.3) is 0 Å². The van der Waals surface area contributed by atoms with E-state index in [1.165, 1.54) is 12.1 Å². The lowest BCUT2D eigenvalue weighted by molar-refractivity contribution is -0.134. The van der Waals surface area contributed by atoms with Gasteiger partial charge in [-0.05, 0) is 43.9 Å². The monoisotopic (exact) mass is 424 g/mol. The Morgan fingerprint density at radius 1 is 1.29 bits per heavy atom. The summed E-state index contributed by atoms with van der Waals surface area (Å²) in [5.41, 5.74) is 3.30. The fraction of sp³-hybridized carbons (Fsp3) is 0.409. The van der Waals surface area contributed by atoms with E-state index in [-0.39, 0.29) is 24.2 Å². The summed E-state index contributed by atoms with van der Waals surface area (Å²) in [6.07, 6.45) is 4.50. The molecule has 8 nitrogen and oxygen atoms in total. The molecule has 1 aliphatic rings. The van der Waals surface area contributed by atoms with Gasteiger partial charge in [0.15, 0.2) is 0 Å². The molecule has 31 heavy (non-hydrogen) atoms. The summed E-state index contributed by atoms with van der Waals surface area (Å²) in [4.78, 5) is 26.1. The molecule has 1 fully saturated rings. The van der Waals surface area contributed by atoms with E-state index in [2.05, 4.69) is 15.3 Å². The number of carbonyl (C=O) groups excluding carboxylic acids is 1. The minimum atomic E-state index is -0.328. The number of anilines is 1. The second-order valence-corrected chi connectivity index (χ2v) is 7.95. The first kappa shape index (κ1) is 20.9.